The molecule has 0 aromatic heterocycles. The summed E-state index contributed by atoms with van der Waals surface area (Å²) in [6.45, 7) is 1.74. The summed E-state index contributed by atoms with van der Waals surface area (Å²) in [6.07, 6.45) is -1.07. The van der Waals surface area contributed by atoms with Crippen molar-refractivity contribution < 1.29 is 14.6 Å². The molecule has 0 saturated carbocycles. The van der Waals surface area contributed by atoms with Crippen LogP contribution >= 0.6 is 0 Å². The van der Waals surface area contributed by atoms with E-state index in [1.807, 2.05) is 0 Å². The molecule has 74 valence electrons. The van der Waals surface area contributed by atoms with Gasteiger partial charge in [-0.25, -0.2) is 0 Å². The van der Waals surface area contributed by atoms with Crippen LogP contribution in [0.15, 0.2) is 5.11 Å². The molecular weight excluding hydrogens is 174 g/mol. The number of rotatable bonds is 2. The number of ether oxygens (including phenoxy) is 2. The molecule has 0 spiro atoms. The molecular formula is C7H13N3O3. The Balaban J connectivity index is 2.63. The van der Waals surface area contributed by atoms with Crippen molar-refractivity contribution in [2.75, 3.05) is 7.11 Å². The van der Waals surface area contributed by atoms with Crippen molar-refractivity contribution in [1.82, 2.24) is 0 Å². The lowest BCUT2D eigenvalue weighted by molar-refractivity contribution is -0.205. The van der Waals surface area contributed by atoms with Crippen LogP contribution in [0.25, 0.3) is 10.4 Å². The molecule has 1 aliphatic rings. The van der Waals surface area contributed by atoms with E-state index in [2.05, 4.69) is 10.0 Å². The largest absolute Gasteiger partial charge is 0.392 e. The third-order valence-electron chi connectivity index (χ3n) is 2.12. The fourth-order valence-corrected chi connectivity index (χ4v) is 1.41. The first-order chi connectivity index (χ1) is 6.19. The maximum absolute atomic E-state index is 9.55. The van der Waals surface area contributed by atoms with Gasteiger partial charge in [-0.15, -0.1) is 0 Å². The Hall–Kier alpha value is -0.810. The van der Waals surface area contributed by atoms with Gasteiger partial charge in [-0.1, -0.05) is 5.11 Å². The quantitative estimate of drug-likeness (QED) is 0.394. The first-order valence-corrected chi connectivity index (χ1v) is 4.09. The van der Waals surface area contributed by atoms with Gasteiger partial charge < -0.3 is 14.6 Å². The van der Waals surface area contributed by atoms with Crippen molar-refractivity contribution in [3.63, 3.8) is 0 Å². The second-order valence-electron chi connectivity index (χ2n) is 3.01. The van der Waals surface area contributed by atoms with Gasteiger partial charge in [0, 0.05) is 18.4 Å². The van der Waals surface area contributed by atoms with Gasteiger partial charge in [-0.3, -0.25) is 0 Å². The molecule has 0 radical (unpaired) electrons. The molecule has 1 N–H and O–H groups in total. The maximum Gasteiger partial charge on any atom is 0.160 e. The Bertz CT molecular complexity index is 205. The van der Waals surface area contributed by atoms with E-state index < -0.39 is 18.4 Å². The van der Waals surface area contributed by atoms with Crippen LogP contribution in [0.4, 0.5) is 0 Å². The van der Waals surface area contributed by atoms with Crippen molar-refractivity contribution in [1.29, 1.82) is 0 Å². The molecule has 0 aromatic carbocycles. The molecule has 0 unspecified atom stereocenters. The van der Waals surface area contributed by atoms with Crippen molar-refractivity contribution in [2.24, 2.45) is 5.11 Å². The van der Waals surface area contributed by atoms with Gasteiger partial charge in [0.05, 0.1) is 18.2 Å². The molecule has 0 aromatic rings. The van der Waals surface area contributed by atoms with E-state index in [-0.39, 0.29) is 6.10 Å². The first-order valence-electron chi connectivity index (χ1n) is 4.09. The average molecular weight is 187 g/mol. The SMILES string of the molecule is CO[C@@H]1C[C@H](O)[C@@H](N=[N+]=[N-])[C@@H](C)O1. The minimum Gasteiger partial charge on any atom is -0.392 e. The predicted octanol–water partition coefficient (Wildman–Crippen LogP) is 0.807. The molecule has 0 amide bonds. The van der Waals surface area contributed by atoms with E-state index in [9.17, 15) is 5.11 Å². The van der Waals surface area contributed by atoms with Gasteiger partial charge in [0.15, 0.2) is 6.29 Å². The number of hydrogen-bond acceptors (Lipinski definition) is 4. The second-order valence-corrected chi connectivity index (χ2v) is 3.01. The number of nitrogens with zero attached hydrogens (tertiary/aromatic N) is 3. The summed E-state index contributed by atoms with van der Waals surface area (Å²) < 4.78 is 10.3. The van der Waals surface area contributed by atoms with Crippen molar-refractivity contribution in [3.05, 3.63) is 10.4 Å². The zero-order valence-corrected chi connectivity index (χ0v) is 7.62. The van der Waals surface area contributed by atoms with Gasteiger partial charge in [0.2, 0.25) is 0 Å². The molecule has 4 atom stereocenters. The second kappa shape index (κ2) is 4.43. The molecule has 1 heterocycles. The highest BCUT2D eigenvalue weighted by molar-refractivity contribution is 4.86. The highest BCUT2D eigenvalue weighted by atomic mass is 16.7. The zero-order chi connectivity index (χ0) is 9.84. The zero-order valence-electron chi connectivity index (χ0n) is 7.62. The predicted molar refractivity (Wildman–Crippen MR) is 44.9 cm³/mol. The third kappa shape index (κ3) is 2.32. The lowest BCUT2D eigenvalue weighted by Gasteiger charge is -2.34. The third-order valence-corrected chi connectivity index (χ3v) is 2.12. The summed E-state index contributed by atoms with van der Waals surface area (Å²) in [4.78, 5) is 2.66. The van der Waals surface area contributed by atoms with E-state index >= 15 is 0 Å². The van der Waals surface area contributed by atoms with Crippen LogP contribution in [0.5, 0.6) is 0 Å². The topological polar surface area (TPSA) is 87.5 Å². The molecule has 6 nitrogen and oxygen atoms in total. The van der Waals surface area contributed by atoms with E-state index in [1.54, 1.807) is 6.92 Å². The van der Waals surface area contributed by atoms with Crippen molar-refractivity contribution in [3.8, 4) is 0 Å². The maximum atomic E-state index is 9.55. The van der Waals surface area contributed by atoms with Crippen LogP contribution in [-0.4, -0.2) is 36.8 Å². The minimum absolute atomic E-state index is 0.315. The van der Waals surface area contributed by atoms with Crippen molar-refractivity contribution >= 4 is 0 Å². The standard InChI is InChI=1S/C7H13N3O3/c1-4-7(9-10-8)5(11)3-6(12-2)13-4/h4-7,11H,3H2,1-2H3/t4-,5+,6+,7+/m1/s1. The number of hydrogen-bond donors (Lipinski definition) is 1. The highest BCUT2D eigenvalue weighted by Gasteiger charge is 2.34. The summed E-state index contributed by atoms with van der Waals surface area (Å²) >= 11 is 0. The van der Waals surface area contributed by atoms with Gasteiger partial charge in [0.25, 0.3) is 0 Å². The summed E-state index contributed by atoms with van der Waals surface area (Å²) in [6, 6.07) is -0.517. The Kier molecular flexibility index (Phi) is 3.50. The van der Waals surface area contributed by atoms with Gasteiger partial charge in [0.1, 0.15) is 0 Å². The highest BCUT2D eigenvalue weighted by Crippen LogP contribution is 2.22. The van der Waals surface area contributed by atoms with Gasteiger partial charge in [-0.2, -0.15) is 0 Å². The van der Waals surface area contributed by atoms with Crippen LogP contribution in [0.2, 0.25) is 0 Å². The summed E-state index contributed by atoms with van der Waals surface area (Å²) in [5.41, 5.74) is 8.24. The number of methoxy groups -OCH3 is 1. The summed E-state index contributed by atoms with van der Waals surface area (Å²) in [5.74, 6) is 0. The molecule has 1 saturated heterocycles. The fourth-order valence-electron chi connectivity index (χ4n) is 1.41. The van der Waals surface area contributed by atoms with E-state index in [0.717, 1.165) is 0 Å². The molecule has 1 fully saturated rings. The van der Waals surface area contributed by atoms with Crippen LogP contribution in [0.1, 0.15) is 13.3 Å². The molecule has 6 heteroatoms. The summed E-state index contributed by atoms with van der Waals surface area (Å²) in [7, 11) is 1.51. The lowest BCUT2D eigenvalue weighted by Crippen LogP contribution is -2.46. The van der Waals surface area contributed by atoms with Gasteiger partial charge in [-0.05, 0) is 12.5 Å². The molecule has 1 rings (SSSR count). The Labute approximate surface area is 76.1 Å². The molecule has 13 heavy (non-hydrogen) atoms. The molecule has 0 bridgehead atoms. The van der Waals surface area contributed by atoms with Crippen molar-refractivity contribution in [2.45, 2.75) is 37.9 Å². The molecule has 1 aliphatic heterocycles. The van der Waals surface area contributed by atoms with E-state index in [1.165, 1.54) is 7.11 Å². The van der Waals surface area contributed by atoms with Gasteiger partial charge >= 0.3 is 0 Å². The molecule has 0 aliphatic carbocycles. The Morgan fingerprint density at radius 3 is 2.85 bits per heavy atom. The average Bonchev–Trinajstić information content (AvgIpc) is 2.11. The normalized spacial score (nSPS) is 39.6. The van der Waals surface area contributed by atoms with Crippen LogP contribution < -0.4 is 0 Å². The van der Waals surface area contributed by atoms with Crippen LogP contribution in [-0.2, 0) is 9.47 Å². The van der Waals surface area contributed by atoms with E-state index in [0.29, 0.717) is 6.42 Å². The minimum atomic E-state index is -0.690. The lowest BCUT2D eigenvalue weighted by atomic mass is 10.0. The monoisotopic (exact) mass is 187 g/mol. The van der Waals surface area contributed by atoms with Crippen LogP contribution in [0, 0.1) is 0 Å². The number of aliphatic hydroxyl groups is 1. The Morgan fingerprint density at radius 1 is 1.69 bits per heavy atom. The van der Waals surface area contributed by atoms with E-state index in [4.69, 9.17) is 15.0 Å². The Morgan fingerprint density at radius 2 is 2.38 bits per heavy atom. The summed E-state index contributed by atoms with van der Waals surface area (Å²) in [5, 5.41) is 13.0. The number of azide groups is 1. The van der Waals surface area contributed by atoms with Crippen LogP contribution in [0.3, 0.4) is 0 Å². The first kappa shape index (κ1) is 10.3. The number of aliphatic hydroxyl groups excluding tert-OH is 1. The fraction of sp³-hybridized carbons (Fsp3) is 1.00. The smallest absolute Gasteiger partial charge is 0.160 e.